The van der Waals surface area contributed by atoms with E-state index >= 15 is 0 Å². The molecule has 1 amide bonds. The zero-order chi connectivity index (χ0) is 13.0. The Bertz CT molecular complexity index is 439. The number of amides is 1. The third-order valence-corrected chi connectivity index (χ3v) is 3.04. The maximum Gasteiger partial charge on any atom is 0.243 e. The van der Waals surface area contributed by atoms with Crippen molar-refractivity contribution in [2.75, 3.05) is 13.2 Å². The van der Waals surface area contributed by atoms with Gasteiger partial charge in [-0.3, -0.25) is 4.79 Å². The Morgan fingerprint density at radius 2 is 1.94 bits per heavy atom. The van der Waals surface area contributed by atoms with Gasteiger partial charge >= 0.3 is 0 Å². The predicted octanol–water partition coefficient (Wildman–Crippen LogP) is 0.247. The van der Waals surface area contributed by atoms with Crippen LogP contribution in [0.2, 0.25) is 0 Å². The topological polar surface area (TPSA) is 81.9 Å². The van der Waals surface area contributed by atoms with Gasteiger partial charge in [0.2, 0.25) is 5.91 Å². The number of nitrogens with one attached hydrogen (secondary N) is 1. The Morgan fingerprint density at radius 1 is 1.28 bits per heavy atom. The van der Waals surface area contributed by atoms with Gasteiger partial charge in [0.1, 0.15) is 0 Å². The van der Waals surface area contributed by atoms with Crippen molar-refractivity contribution in [3.8, 4) is 0 Å². The molecule has 18 heavy (non-hydrogen) atoms. The van der Waals surface area contributed by atoms with E-state index in [0.29, 0.717) is 0 Å². The summed E-state index contributed by atoms with van der Waals surface area (Å²) >= 11 is 0. The van der Waals surface area contributed by atoms with Gasteiger partial charge in [0.05, 0.1) is 18.9 Å². The average molecular weight is 248 g/mol. The second-order valence-corrected chi connectivity index (χ2v) is 4.33. The van der Waals surface area contributed by atoms with Crippen molar-refractivity contribution in [3.05, 3.63) is 35.9 Å². The van der Waals surface area contributed by atoms with Crippen molar-refractivity contribution in [1.29, 1.82) is 0 Å². The van der Waals surface area contributed by atoms with Gasteiger partial charge in [-0.2, -0.15) is 5.10 Å². The Hall–Kier alpha value is -1.72. The number of aliphatic hydroxyl groups excluding tert-OH is 2. The minimum atomic E-state index is -0.358. The first-order chi connectivity index (χ1) is 8.76. The van der Waals surface area contributed by atoms with E-state index in [1.165, 1.54) is 0 Å². The fourth-order valence-corrected chi connectivity index (χ4v) is 1.89. The fraction of sp³-hybridized carbons (Fsp3) is 0.385. The van der Waals surface area contributed by atoms with Gasteiger partial charge < -0.3 is 10.2 Å². The predicted molar refractivity (Wildman–Crippen MR) is 67.0 cm³/mol. The van der Waals surface area contributed by atoms with E-state index in [1.807, 2.05) is 30.3 Å². The third-order valence-electron chi connectivity index (χ3n) is 3.04. The van der Waals surface area contributed by atoms with Crippen molar-refractivity contribution in [3.63, 3.8) is 0 Å². The first kappa shape index (κ1) is 12.7. The van der Waals surface area contributed by atoms with E-state index in [9.17, 15) is 4.79 Å². The average Bonchev–Trinajstić information content (AvgIpc) is 3.21. The van der Waals surface area contributed by atoms with Gasteiger partial charge in [-0.25, -0.2) is 5.43 Å². The van der Waals surface area contributed by atoms with Crippen molar-refractivity contribution >= 4 is 11.6 Å². The van der Waals surface area contributed by atoms with Crippen LogP contribution < -0.4 is 5.43 Å². The van der Waals surface area contributed by atoms with Crippen molar-refractivity contribution in [1.82, 2.24) is 5.43 Å². The van der Waals surface area contributed by atoms with Gasteiger partial charge in [-0.05, 0) is 17.9 Å². The highest BCUT2D eigenvalue weighted by Gasteiger charge is 2.43. The van der Waals surface area contributed by atoms with Crippen molar-refractivity contribution in [2.24, 2.45) is 11.0 Å². The van der Waals surface area contributed by atoms with E-state index in [2.05, 4.69) is 10.5 Å². The van der Waals surface area contributed by atoms with Gasteiger partial charge in [0.25, 0.3) is 0 Å². The smallest absolute Gasteiger partial charge is 0.243 e. The molecule has 0 heterocycles. The Kier molecular flexibility index (Phi) is 4.07. The molecule has 1 aliphatic carbocycles. The summed E-state index contributed by atoms with van der Waals surface area (Å²) in [5, 5.41) is 21.2. The van der Waals surface area contributed by atoms with Gasteiger partial charge in [-0.1, -0.05) is 30.3 Å². The lowest BCUT2D eigenvalue weighted by Gasteiger charge is -2.02. The van der Waals surface area contributed by atoms with Crippen LogP contribution in [0, 0.1) is 5.92 Å². The molecule has 0 bridgehead atoms. The zero-order valence-corrected chi connectivity index (χ0v) is 9.91. The summed E-state index contributed by atoms with van der Waals surface area (Å²) in [4.78, 5) is 11.7. The Morgan fingerprint density at radius 3 is 2.56 bits per heavy atom. The highest BCUT2D eigenvalue weighted by Crippen LogP contribution is 2.47. The van der Waals surface area contributed by atoms with Crippen LogP contribution in [-0.2, 0) is 4.79 Å². The monoisotopic (exact) mass is 248 g/mol. The summed E-state index contributed by atoms with van der Waals surface area (Å²) in [7, 11) is 0. The molecule has 1 aromatic rings. The third kappa shape index (κ3) is 2.94. The number of hydrogen-bond donors (Lipinski definition) is 3. The lowest BCUT2D eigenvalue weighted by molar-refractivity contribution is -0.122. The molecule has 1 aliphatic rings. The molecule has 3 N–H and O–H groups in total. The summed E-state index contributed by atoms with van der Waals surface area (Å²) in [6, 6.07) is 9.87. The molecule has 96 valence electrons. The molecule has 2 atom stereocenters. The minimum absolute atomic E-state index is 0.0604. The number of nitrogens with zero attached hydrogens (tertiary/aromatic N) is 1. The van der Waals surface area contributed by atoms with E-state index in [-0.39, 0.29) is 36.7 Å². The highest BCUT2D eigenvalue weighted by molar-refractivity contribution is 5.89. The summed E-state index contributed by atoms with van der Waals surface area (Å²) in [5.41, 5.74) is 3.69. The van der Waals surface area contributed by atoms with Crippen LogP contribution in [0.3, 0.4) is 0 Å². The lowest BCUT2D eigenvalue weighted by atomic mass is 10.1. The van der Waals surface area contributed by atoms with Crippen molar-refractivity contribution in [2.45, 2.75) is 12.3 Å². The number of carbonyl (C=O) groups excluding carboxylic acids is 1. The van der Waals surface area contributed by atoms with E-state index < -0.39 is 0 Å². The number of hydrazone groups is 1. The zero-order valence-electron chi connectivity index (χ0n) is 9.91. The number of carbonyl (C=O) groups is 1. The fourth-order valence-electron chi connectivity index (χ4n) is 1.89. The number of aliphatic hydroxyl groups is 2. The standard InChI is InChI=1S/C13H16N2O3/c16-7-10(8-17)14-15-13(18)12-6-11(12)9-4-2-1-3-5-9/h1-5,11-12,16-17H,6-8H2,(H,15,18). The van der Waals surface area contributed by atoms with Crippen LogP contribution in [-0.4, -0.2) is 35.0 Å². The largest absolute Gasteiger partial charge is 0.390 e. The SMILES string of the molecule is O=C(NN=C(CO)CO)C1CC1c1ccccc1. The summed E-state index contributed by atoms with van der Waals surface area (Å²) in [5.74, 6) is 0.0335. The molecular formula is C13H16N2O3. The lowest BCUT2D eigenvalue weighted by Crippen LogP contribution is -2.24. The highest BCUT2D eigenvalue weighted by atomic mass is 16.3. The maximum absolute atomic E-state index is 11.7. The number of benzene rings is 1. The van der Waals surface area contributed by atoms with Crippen LogP contribution in [0.5, 0.6) is 0 Å². The van der Waals surface area contributed by atoms with E-state index in [4.69, 9.17) is 10.2 Å². The van der Waals surface area contributed by atoms with Crippen LogP contribution >= 0.6 is 0 Å². The summed E-state index contributed by atoms with van der Waals surface area (Å²) in [6.45, 7) is -0.715. The van der Waals surface area contributed by atoms with E-state index in [1.54, 1.807) is 0 Å². The van der Waals surface area contributed by atoms with Crippen LogP contribution in [0.1, 0.15) is 17.9 Å². The molecule has 0 saturated heterocycles. The number of hydrogen-bond acceptors (Lipinski definition) is 4. The van der Waals surface area contributed by atoms with Crippen LogP contribution in [0.15, 0.2) is 35.4 Å². The van der Waals surface area contributed by atoms with E-state index in [0.717, 1.165) is 12.0 Å². The van der Waals surface area contributed by atoms with Gasteiger partial charge in [-0.15, -0.1) is 0 Å². The molecule has 0 aliphatic heterocycles. The van der Waals surface area contributed by atoms with Crippen molar-refractivity contribution < 1.29 is 15.0 Å². The molecule has 0 spiro atoms. The molecule has 5 nitrogen and oxygen atoms in total. The molecule has 1 saturated carbocycles. The quantitative estimate of drug-likeness (QED) is 0.516. The molecule has 2 rings (SSSR count). The van der Waals surface area contributed by atoms with Crippen LogP contribution in [0.4, 0.5) is 0 Å². The molecule has 0 aromatic heterocycles. The Labute approximate surface area is 105 Å². The molecule has 1 fully saturated rings. The summed E-state index contributed by atoms with van der Waals surface area (Å²) < 4.78 is 0. The second kappa shape index (κ2) is 5.75. The van der Waals surface area contributed by atoms with Crippen LogP contribution in [0.25, 0.3) is 0 Å². The minimum Gasteiger partial charge on any atom is -0.390 e. The first-order valence-electron chi connectivity index (χ1n) is 5.88. The molecule has 1 aromatic carbocycles. The first-order valence-corrected chi connectivity index (χ1v) is 5.88. The molecule has 5 heteroatoms. The maximum atomic E-state index is 11.7. The molecule has 0 radical (unpaired) electrons. The Balaban J connectivity index is 1.88. The molecular weight excluding hydrogens is 232 g/mol. The summed E-state index contributed by atoms with van der Waals surface area (Å²) in [6.07, 6.45) is 0.818. The van der Waals surface area contributed by atoms with Gasteiger partial charge in [0.15, 0.2) is 0 Å². The molecule has 2 unspecified atom stereocenters. The van der Waals surface area contributed by atoms with Gasteiger partial charge in [0, 0.05) is 5.92 Å². The normalized spacial score (nSPS) is 21.2. The second-order valence-electron chi connectivity index (χ2n) is 4.33. The number of rotatable bonds is 5.